The van der Waals surface area contributed by atoms with E-state index in [4.69, 9.17) is 0 Å². The van der Waals surface area contributed by atoms with Gasteiger partial charge in [-0.15, -0.1) is 0 Å². The van der Waals surface area contributed by atoms with Crippen molar-refractivity contribution in [2.75, 3.05) is 11.5 Å². The van der Waals surface area contributed by atoms with E-state index in [2.05, 4.69) is 5.10 Å². The molecular weight excluding hydrogens is 362 g/mol. The van der Waals surface area contributed by atoms with Crippen molar-refractivity contribution in [2.24, 2.45) is 0 Å². The maximum atomic E-state index is 13.7. The molecule has 1 aliphatic heterocycles. The third-order valence-corrected chi connectivity index (χ3v) is 6.30. The molecule has 1 aliphatic rings. The third kappa shape index (κ3) is 3.46. The lowest BCUT2D eigenvalue weighted by Gasteiger charge is -2.10. The highest BCUT2D eigenvalue weighted by Crippen LogP contribution is 2.27. The molecule has 0 bridgehead atoms. The van der Waals surface area contributed by atoms with Gasteiger partial charge in [-0.1, -0.05) is 6.07 Å². The Morgan fingerprint density at radius 3 is 2.50 bits per heavy atom. The van der Waals surface area contributed by atoms with Crippen molar-refractivity contribution < 1.29 is 22.0 Å². The minimum Gasteiger partial charge on any atom is -0.289 e. The molecule has 0 spiro atoms. The first kappa shape index (κ1) is 18.4. The minimum atomic E-state index is -3.05. The standard InChI is InChI=1S/C18H18F2N2O3S/c1-11-14(6-7-17(23)18-15(19)4-3-5-16(18)20)12(2)22(21-11)13-8-9-26(24,25)10-13/h3-7,13H,8-10H2,1-2H3/b7-6+/t13-/m1/s1. The van der Waals surface area contributed by atoms with E-state index in [-0.39, 0.29) is 17.5 Å². The number of ketones is 1. The molecule has 1 aromatic carbocycles. The van der Waals surface area contributed by atoms with Gasteiger partial charge in [0.1, 0.15) is 11.6 Å². The fraction of sp³-hybridized carbons (Fsp3) is 0.333. The second kappa shape index (κ2) is 6.75. The summed E-state index contributed by atoms with van der Waals surface area (Å²) >= 11 is 0. The van der Waals surface area contributed by atoms with Crippen LogP contribution in [0.15, 0.2) is 24.3 Å². The monoisotopic (exact) mass is 380 g/mol. The van der Waals surface area contributed by atoms with Crippen LogP contribution >= 0.6 is 0 Å². The molecule has 0 aliphatic carbocycles. The number of aromatic nitrogens is 2. The lowest BCUT2D eigenvalue weighted by Crippen LogP contribution is -2.14. The number of aryl methyl sites for hydroxylation is 1. The number of allylic oxidation sites excluding steroid dienone is 1. The van der Waals surface area contributed by atoms with Crippen molar-refractivity contribution in [3.63, 3.8) is 0 Å². The lowest BCUT2D eigenvalue weighted by molar-refractivity contribution is 0.104. The van der Waals surface area contributed by atoms with E-state index < -0.39 is 32.8 Å². The highest BCUT2D eigenvalue weighted by atomic mass is 32.2. The van der Waals surface area contributed by atoms with E-state index in [1.807, 2.05) is 0 Å². The summed E-state index contributed by atoms with van der Waals surface area (Å²) in [5.41, 5.74) is 1.36. The molecule has 1 atom stereocenters. The molecule has 3 rings (SSSR count). The van der Waals surface area contributed by atoms with Gasteiger partial charge in [-0.2, -0.15) is 5.10 Å². The van der Waals surface area contributed by atoms with Gasteiger partial charge in [0.05, 0.1) is 28.8 Å². The third-order valence-electron chi connectivity index (χ3n) is 4.55. The molecule has 0 N–H and O–H groups in total. The molecule has 26 heavy (non-hydrogen) atoms. The molecule has 138 valence electrons. The van der Waals surface area contributed by atoms with E-state index in [1.165, 1.54) is 12.1 Å². The van der Waals surface area contributed by atoms with Crippen molar-refractivity contribution in [1.82, 2.24) is 9.78 Å². The van der Waals surface area contributed by atoms with Crippen molar-refractivity contribution in [3.05, 3.63) is 58.4 Å². The van der Waals surface area contributed by atoms with Gasteiger partial charge in [-0.25, -0.2) is 17.2 Å². The molecule has 0 amide bonds. The van der Waals surface area contributed by atoms with Crippen LogP contribution in [0.3, 0.4) is 0 Å². The summed E-state index contributed by atoms with van der Waals surface area (Å²) in [6, 6.07) is 3.01. The van der Waals surface area contributed by atoms with Gasteiger partial charge in [0.15, 0.2) is 15.6 Å². The summed E-state index contributed by atoms with van der Waals surface area (Å²) in [6.45, 7) is 3.51. The van der Waals surface area contributed by atoms with E-state index in [9.17, 15) is 22.0 Å². The SMILES string of the molecule is Cc1nn([C@@H]2CCS(=O)(=O)C2)c(C)c1/C=C/C(=O)c1c(F)cccc1F. The number of sulfone groups is 1. The summed E-state index contributed by atoms with van der Waals surface area (Å²) in [4.78, 5) is 12.2. The topological polar surface area (TPSA) is 69.0 Å². The van der Waals surface area contributed by atoms with Gasteiger partial charge < -0.3 is 0 Å². The summed E-state index contributed by atoms with van der Waals surface area (Å²) in [7, 11) is -3.05. The molecule has 0 unspecified atom stereocenters. The molecule has 0 radical (unpaired) electrons. The van der Waals surface area contributed by atoms with Crippen molar-refractivity contribution in [1.29, 1.82) is 0 Å². The highest BCUT2D eigenvalue weighted by molar-refractivity contribution is 7.91. The molecule has 1 fully saturated rings. The van der Waals surface area contributed by atoms with Crippen LogP contribution in [-0.2, 0) is 9.84 Å². The largest absolute Gasteiger partial charge is 0.289 e. The second-order valence-electron chi connectivity index (χ2n) is 6.38. The van der Waals surface area contributed by atoms with Crippen molar-refractivity contribution in [3.8, 4) is 0 Å². The first-order valence-corrected chi connectivity index (χ1v) is 9.94. The predicted octanol–water partition coefficient (Wildman–Crippen LogP) is 3.03. The quantitative estimate of drug-likeness (QED) is 0.604. The molecule has 1 saturated heterocycles. The number of carbonyl (C=O) groups excluding carboxylic acids is 1. The smallest absolute Gasteiger partial charge is 0.191 e. The number of carbonyl (C=O) groups is 1. The fourth-order valence-electron chi connectivity index (χ4n) is 3.22. The molecule has 1 aromatic heterocycles. The molecule has 0 saturated carbocycles. The van der Waals surface area contributed by atoms with Gasteiger partial charge in [0.25, 0.3) is 0 Å². The van der Waals surface area contributed by atoms with Crippen LogP contribution in [0.25, 0.3) is 6.08 Å². The second-order valence-corrected chi connectivity index (χ2v) is 8.61. The maximum absolute atomic E-state index is 13.7. The number of halogens is 2. The Balaban J connectivity index is 1.89. The maximum Gasteiger partial charge on any atom is 0.191 e. The number of hydrogen-bond acceptors (Lipinski definition) is 4. The van der Waals surface area contributed by atoms with Gasteiger partial charge in [-0.3, -0.25) is 9.48 Å². The number of benzene rings is 1. The average molecular weight is 380 g/mol. The van der Waals surface area contributed by atoms with Gasteiger partial charge in [0, 0.05) is 11.3 Å². The van der Waals surface area contributed by atoms with Crippen LogP contribution < -0.4 is 0 Å². The molecular formula is C18H18F2N2O3S. The van der Waals surface area contributed by atoms with Crippen LogP contribution in [0, 0.1) is 25.5 Å². The van der Waals surface area contributed by atoms with Gasteiger partial charge >= 0.3 is 0 Å². The molecule has 2 heterocycles. The highest BCUT2D eigenvalue weighted by Gasteiger charge is 2.31. The Hall–Kier alpha value is -2.35. The van der Waals surface area contributed by atoms with Crippen molar-refractivity contribution in [2.45, 2.75) is 26.3 Å². The zero-order valence-electron chi connectivity index (χ0n) is 14.4. The van der Waals surface area contributed by atoms with Gasteiger partial charge in [-0.05, 0) is 44.6 Å². The summed E-state index contributed by atoms with van der Waals surface area (Å²) in [5.74, 6) is -2.44. The first-order chi connectivity index (χ1) is 12.2. The lowest BCUT2D eigenvalue weighted by atomic mass is 10.1. The summed E-state index contributed by atoms with van der Waals surface area (Å²) < 4.78 is 52.4. The van der Waals surface area contributed by atoms with E-state index in [0.29, 0.717) is 23.4 Å². The zero-order chi connectivity index (χ0) is 19.1. The van der Waals surface area contributed by atoms with Crippen LogP contribution in [-0.4, -0.2) is 35.5 Å². The molecule has 2 aromatic rings. The van der Waals surface area contributed by atoms with Gasteiger partial charge in [0.2, 0.25) is 0 Å². The molecule has 5 nitrogen and oxygen atoms in total. The Labute approximate surface area is 150 Å². The van der Waals surface area contributed by atoms with Crippen LogP contribution in [0.4, 0.5) is 8.78 Å². The van der Waals surface area contributed by atoms with Crippen LogP contribution in [0.5, 0.6) is 0 Å². The number of hydrogen-bond donors (Lipinski definition) is 0. The first-order valence-electron chi connectivity index (χ1n) is 8.12. The predicted molar refractivity (Wildman–Crippen MR) is 93.7 cm³/mol. The van der Waals surface area contributed by atoms with E-state index >= 15 is 0 Å². The van der Waals surface area contributed by atoms with Crippen molar-refractivity contribution >= 4 is 21.7 Å². The van der Waals surface area contributed by atoms with Crippen LogP contribution in [0.1, 0.15) is 39.8 Å². The number of rotatable bonds is 4. The van der Waals surface area contributed by atoms with E-state index in [0.717, 1.165) is 18.2 Å². The average Bonchev–Trinajstić information content (AvgIpc) is 3.04. The Kier molecular flexibility index (Phi) is 4.79. The Morgan fingerprint density at radius 2 is 1.92 bits per heavy atom. The normalized spacial score (nSPS) is 19.3. The zero-order valence-corrected chi connectivity index (χ0v) is 15.2. The molecule has 8 heteroatoms. The van der Waals surface area contributed by atoms with E-state index in [1.54, 1.807) is 18.5 Å². The summed E-state index contributed by atoms with van der Waals surface area (Å²) in [5, 5.41) is 4.39. The Morgan fingerprint density at radius 1 is 1.27 bits per heavy atom. The van der Waals surface area contributed by atoms with Crippen LogP contribution in [0.2, 0.25) is 0 Å². The Bertz CT molecular complexity index is 989. The minimum absolute atomic E-state index is 0.0392. The number of nitrogens with zero attached hydrogens (tertiary/aromatic N) is 2. The fourth-order valence-corrected chi connectivity index (χ4v) is 4.91. The summed E-state index contributed by atoms with van der Waals surface area (Å²) in [6.07, 6.45) is 3.06.